The minimum Gasteiger partial charge on any atom is -0.456 e. The Morgan fingerprint density at radius 2 is 1.12 bits per heavy atom. The van der Waals surface area contributed by atoms with E-state index in [0.717, 1.165) is 61.4 Å². The first kappa shape index (κ1) is 28.7. The molecule has 0 amide bonds. The topological polar surface area (TPSA) is 49.9 Å². The molecule has 236 valence electrons. The number of amidine groups is 2. The van der Waals surface area contributed by atoms with E-state index >= 15 is 0 Å². The predicted molar refractivity (Wildman–Crippen MR) is 209 cm³/mol. The second-order valence-corrected chi connectivity index (χ2v) is 13.7. The SMILES string of the molecule is c1ccc(-c2ccc(C3N=C(c4cccc5sc6ccccc6c45)N=C(c4ccc(-c5cccc6oc7ccccc7c56)cc4)N3)cc2)cc1. The Hall–Kier alpha value is -6.30. The van der Waals surface area contributed by atoms with Crippen LogP contribution in [0, 0.1) is 0 Å². The fourth-order valence-corrected chi connectivity index (χ4v) is 8.29. The molecule has 0 bridgehead atoms. The summed E-state index contributed by atoms with van der Waals surface area (Å²) in [7, 11) is 0. The van der Waals surface area contributed by atoms with E-state index in [1.165, 1.54) is 31.3 Å². The van der Waals surface area contributed by atoms with Crippen LogP contribution in [-0.2, 0) is 0 Å². The molecule has 0 spiro atoms. The summed E-state index contributed by atoms with van der Waals surface area (Å²) in [6, 6.07) is 57.4. The highest BCUT2D eigenvalue weighted by Gasteiger charge is 2.23. The third-order valence-corrected chi connectivity index (χ3v) is 10.7. The van der Waals surface area contributed by atoms with Gasteiger partial charge in [0.25, 0.3) is 0 Å². The van der Waals surface area contributed by atoms with Crippen LogP contribution in [0.2, 0.25) is 0 Å². The maximum Gasteiger partial charge on any atom is 0.160 e. The van der Waals surface area contributed by atoms with E-state index in [4.69, 9.17) is 14.4 Å². The molecule has 3 heterocycles. The summed E-state index contributed by atoms with van der Waals surface area (Å²) < 4.78 is 8.68. The lowest BCUT2D eigenvalue weighted by Gasteiger charge is -2.24. The lowest BCUT2D eigenvalue weighted by molar-refractivity contribution is 0.669. The van der Waals surface area contributed by atoms with Crippen molar-refractivity contribution < 1.29 is 4.42 Å². The van der Waals surface area contributed by atoms with Gasteiger partial charge in [0.1, 0.15) is 23.2 Å². The van der Waals surface area contributed by atoms with Gasteiger partial charge in [0.15, 0.2) is 5.84 Å². The first-order valence-electron chi connectivity index (χ1n) is 16.8. The Kier molecular flexibility index (Phi) is 6.71. The molecule has 10 rings (SSSR count). The standard InChI is InChI=1S/C45H29N3OS/c1-2-10-28(11-3-1)29-20-24-31(25-21-29)43-46-44(48-45(47-43)36-15-9-19-40-42(36)35-13-5-7-18-39(35)50-40)32-26-22-30(23-27-32)33-14-8-17-38-41(33)34-12-4-6-16-37(34)49-38/h1-27,43H,(H,46,47,48). The Bertz CT molecular complexity index is 2770. The van der Waals surface area contributed by atoms with Crippen LogP contribution in [0.15, 0.2) is 178 Å². The highest BCUT2D eigenvalue weighted by atomic mass is 32.1. The molecule has 5 heteroatoms. The number of aliphatic imine (C=N–C) groups is 2. The van der Waals surface area contributed by atoms with Gasteiger partial charge in [-0.15, -0.1) is 11.3 Å². The van der Waals surface area contributed by atoms with Crippen molar-refractivity contribution in [3.63, 3.8) is 0 Å². The van der Waals surface area contributed by atoms with Crippen LogP contribution in [0.3, 0.4) is 0 Å². The Balaban J connectivity index is 1.08. The van der Waals surface area contributed by atoms with E-state index in [9.17, 15) is 0 Å². The van der Waals surface area contributed by atoms with Gasteiger partial charge in [0.2, 0.25) is 0 Å². The van der Waals surface area contributed by atoms with Crippen molar-refractivity contribution >= 4 is 65.1 Å². The van der Waals surface area contributed by atoms with Gasteiger partial charge in [-0.1, -0.05) is 140 Å². The molecule has 1 aliphatic heterocycles. The number of thiophene rings is 1. The highest BCUT2D eigenvalue weighted by Crippen LogP contribution is 2.38. The number of furan rings is 1. The zero-order valence-corrected chi connectivity index (χ0v) is 27.7. The smallest absolute Gasteiger partial charge is 0.160 e. The van der Waals surface area contributed by atoms with Gasteiger partial charge in [0.05, 0.1) is 0 Å². The zero-order chi connectivity index (χ0) is 33.0. The second kappa shape index (κ2) is 11.7. The lowest BCUT2D eigenvalue weighted by Crippen LogP contribution is -2.33. The van der Waals surface area contributed by atoms with Gasteiger partial charge < -0.3 is 9.73 Å². The molecule has 1 unspecified atom stereocenters. The quantitative estimate of drug-likeness (QED) is 0.200. The summed E-state index contributed by atoms with van der Waals surface area (Å²) in [5.41, 5.74) is 9.54. The molecule has 1 aliphatic rings. The molecule has 0 fully saturated rings. The molecule has 0 radical (unpaired) electrons. The van der Waals surface area contributed by atoms with Crippen LogP contribution in [0.5, 0.6) is 0 Å². The maximum atomic E-state index is 6.18. The third kappa shape index (κ3) is 4.82. The van der Waals surface area contributed by atoms with E-state index in [2.05, 4.69) is 145 Å². The molecule has 2 aromatic heterocycles. The molecule has 50 heavy (non-hydrogen) atoms. The molecule has 1 N–H and O–H groups in total. The summed E-state index contributed by atoms with van der Waals surface area (Å²) in [5, 5.41) is 8.37. The molecular weight excluding hydrogens is 631 g/mol. The van der Waals surface area contributed by atoms with E-state index in [-0.39, 0.29) is 6.17 Å². The van der Waals surface area contributed by atoms with Crippen LogP contribution in [0.25, 0.3) is 64.4 Å². The fraction of sp³-hybridized carbons (Fsp3) is 0.0222. The Morgan fingerprint density at radius 1 is 0.480 bits per heavy atom. The van der Waals surface area contributed by atoms with E-state index in [0.29, 0.717) is 0 Å². The summed E-state index contributed by atoms with van der Waals surface area (Å²) >= 11 is 1.81. The predicted octanol–water partition coefficient (Wildman–Crippen LogP) is 11.8. The second-order valence-electron chi connectivity index (χ2n) is 12.6. The molecule has 0 aliphatic carbocycles. The number of hydrogen-bond donors (Lipinski definition) is 1. The number of nitrogens with one attached hydrogen (secondary N) is 1. The van der Waals surface area contributed by atoms with E-state index in [1.54, 1.807) is 0 Å². The Labute approximate surface area is 292 Å². The van der Waals surface area contributed by atoms with Gasteiger partial charge in [0, 0.05) is 42.1 Å². The minimum atomic E-state index is -0.312. The maximum absolute atomic E-state index is 6.18. The summed E-state index contributed by atoms with van der Waals surface area (Å²) in [6.07, 6.45) is -0.312. The van der Waals surface area contributed by atoms with Crippen LogP contribution in [0.4, 0.5) is 0 Å². The zero-order valence-electron chi connectivity index (χ0n) is 26.9. The van der Waals surface area contributed by atoms with Crippen LogP contribution < -0.4 is 5.32 Å². The van der Waals surface area contributed by atoms with Crippen LogP contribution in [0.1, 0.15) is 22.9 Å². The van der Waals surface area contributed by atoms with Crippen molar-refractivity contribution in [1.29, 1.82) is 0 Å². The number of nitrogens with zero attached hydrogens (tertiary/aromatic N) is 2. The average molecular weight is 660 g/mol. The number of benzene rings is 7. The first-order chi connectivity index (χ1) is 24.8. The third-order valence-electron chi connectivity index (χ3n) is 9.59. The molecular formula is C45H29N3OS. The van der Waals surface area contributed by atoms with Gasteiger partial charge in [-0.2, -0.15) is 0 Å². The van der Waals surface area contributed by atoms with Crippen molar-refractivity contribution in [3.05, 3.63) is 180 Å². The fourth-order valence-electron chi connectivity index (χ4n) is 7.16. The van der Waals surface area contributed by atoms with Crippen LogP contribution >= 0.6 is 11.3 Å². The average Bonchev–Trinajstić information content (AvgIpc) is 3.77. The number of rotatable bonds is 5. The van der Waals surface area contributed by atoms with Crippen molar-refractivity contribution in [2.75, 3.05) is 0 Å². The van der Waals surface area contributed by atoms with Crippen molar-refractivity contribution in [2.24, 2.45) is 9.98 Å². The lowest BCUT2D eigenvalue weighted by atomic mass is 9.98. The van der Waals surface area contributed by atoms with E-state index in [1.807, 2.05) is 35.6 Å². The van der Waals surface area contributed by atoms with Crippen molar-refractivity contribution in [3.8, 4) is 22.3 Å². The Morgan fingerprint density at radius 3 is 1.98 bits per heavy atom. The van der Waals surface area contributed by atoms with Crippen molar-refractivity contribution in [2.45, 2.75) is 6.17 Å². The van der Waals surface area contributed by atoms with Crippen molar-refractivity contribution in [1.82, 2.24) is 5.32 Å². The first-order valence-corrected chi connectivity index (χ1v) is 17.6. The van der Waals surface area contributed by atoms with Gasteiger partial charge in [-0.3, -0.25) is 0 Å². The number of para-hydroxylation sites is 1. The van der Waals surface area contributed by atoms with Gasteiger partial charge in [-0.05, 0) is 52.1 Å². The van der Waals surface area contributed by atoms with Gasteiger partial charge >= 0.3 is 0 Å². The molecule has 0 saturated carbocycles. The van der Waals surface area contributed by atoms with Gasteiger partial charge in [-0.25, -0.2) is 9.98 Å². The molecule has 7 aromatic carbocycles. The summed E-state index contributed by atoms with van der Waals surface area (Å²) in [5.74, 6) is 1.52. The van der Waals surface area contributed by atoms with E-state index < -0.39 is 0 Å². The molecule has 1 atom stereocenters. The highest BCUT2D eigenvalue weighted by molar-refractivity contribution is 7.25. The number of hydrogen-bond acceptors (Lipinski definition) is 5. The minimum absolute atomic E-state index is 0.312. The monoisotopic (exact) mass is 659 g/mol. The summed E-state index contributed by atoms with van der Waals surface area (Å²) in [6.45, 7) is 0. The molecule has 9 aromatic rings. The molecule has 0 saturated heterocycles. The summed E-state index contributed by atoms with van der Waals surface area (Å²) in [4.78, 5) is 10.5. The molecule has 4 nitrogen and oxygen atoms in total. The normalized spacial score (nSPS) is 14.6. The number of fused-ring (bicyclic) bond motifs is 6. The largest absolute Gasteiger partial charge is 0.456 e. The van der Waals surface area contributed by atoms with Crippen LogP contribution in [-0.4, -0.2) is 11.7 Å².